The standard InChI is InChI=1S/C20H26N6O2S/c1-24-7-9-25(10-8-24)17-5-4-15(12-21-17)13-22-18(27)11-16-14-29-20(23-16)26-6-2-3-19(26)28/h4-5,12,14H,2-3,6-11,13H2,1H3,(H,22,27). The average Bonchev–Trinajstić information content (AvgIpc) is 3.36. The summed E-state index contributed by atoms with van der Waals surface area (Å²) in [4.78, 5) is 39.4. The van der Waals surface area contributed by atoms with E-state index in [-0.39, 0.29) is 18.2 Å². The number of rotatable bonds is 6. The second-order valence-corrected chi connectivity index (χ2v) is 8.38. The molecule has 2 saturated heterocycles. The third-order valence-electron chi connectivity index (χ3n) is 5.31. The highest BCUT2D eigenvalue weighted by molar-refractivity contribution is 7.14. The maximum atomic E-state index is 12.3. The van der Waals surface area contributed by atoms with Crippen LogP contribution in [0.2, 0.25) is 0 Å². The highest BCUT2D eigenvalue weighted by atomic mass is 32.1. The van der Waals surface area contributed by atoms with Crippen molar-refractivity contribution >= 4 is 34.1 Å². The molecule has 4 heterocycles. The van der Waals surface area contributed by atoms with Crippen LogP contribution in [0.1, 0.15) is 24.1 Å². The monoisotopic (exact) mass is 414 g/mol. The molecule has 2 aliphatic heterocycles. The largest absolute Gasteiger partial charge is 0.354 e. The summed E-state index contributed by atoms with van der Waals surface area (Å²) in [5.74, 6) is 1.01. The van der Waals surface area contributed by atoms with Crippen LogP contribution in [0.5, 0.6) is 0 Å². The second kappa shape index (κ2) is 8.87. The van der Waals surface area contributed by atoms with Gasteiger partial charge < -0.3 is 15.1 Å². The minimum absolute atomic E-state index is 0.0854. The van der Waals surface area contributed by atoms with Crippen molar-refractivity contribution in [3.63, 3.8) is 0 Å². The molecule has 0 aliphatic carbocycles. The Morgan fingerprint density at radius 1 is 1.21 bits per heavy atom. The van der Waals surface area contributed by atoms with Crippen LogP contribution >= 0.6 is 11.3 Å². The van der Waals surface area contributed by atoms with Gasteiger partial charge in [-0.1, -0.05) is 6.07 Å². The number of piperazine rings is 1. The van der Waals surface area contributed by atoms with E-state index in [0.29, 0.717) is 23.8 Å². The van der Waals surface area contributed by atoms with E-state index >= 15 is 0 Å². The maximum absolute atomic E-state index is 12.3. The first-order chi connectivity index (χ1) is 14.1. The first kappa shape index (κ1) is 19.8. The molecular weight excluding hydrogens is 388 g/mol. The minimum Gasteiger partial charge on any atom is -0.354 e. The van der Waals surface area contributed by atoms with Crippen LogP contribution in [-0.4, -0.2) is 66.5 Å². The number of thiazole rings is 1. The summed E-state index contributed by atoms with van der Waals surface area (Å²) in [6, 6.07) is 4.04. The van der Waals surface area contributed by atoms with Crippen LogP contribution in [0.3, 0.4) is 0 Å². The van der Waals surface area contributed by atoms with Crippen LogP contribution in [0, 0.1) is 0 Å². The first-order valence-electron chi connectivity index (χ1n) is 9.98. The zero-order valence-corrected chi connectivity index (χ0v) is 17.5. The Morgan fingerprint density at radius 3 is 2.72 bits per heavy atom. The fourth-order valence-corrected chi connectivity index (χ4v) is 4.39. The Morgan fingerprint density at radius 2 is 2.03 bits per heavy atom. The van der Waals surface area contributed by atoms with Crippen molar-refractivity contribution in [3.8, 4) is 0 Å². The number of hydrogen-bond acceptors (Lipinski definition) is 7. The number of pyridine rings is 1. The number of nitrogens with zero attached hydrogens (tertiary/aromatic N) is 5. The van der Waals surface area contributed by atoms with Gasteiger partial charge in [-0.05, 0) is 25.1 Å². The molecule has 0 saturated carbocycles. The summed E-state index contributed by atoms with van der Waals surface area (Å²) < 4.78 is 0. The molecule has 2 amide bonds. The van der Waals surface area contributed by atoms with Crippen molar-refractivity contribution in [1.82, 2.24) is 20.2 Å². The van der Waals surface area contributed by atoms with Gasteiger partial charge in [-0.3, -0.25) is 14.5 Å². The molecule has 0 spiro atoms. The summed E-state index contributed by atoms with van der Waals surface area (Å²) >= 11 is 1.42. The number of hydrogen-bond donors (Lipinski definition) is 1. The molecule has 1 N–H and O–H groups in total. The lowest BCUT2D eigenvalue weighted by atomic mass is 10.2. The molecule has 2 fully saturated rings. The number of carbonyl (C=O) groups excluding carboxylic acids is 2. The Balaban J connectivity index is 1.25. The van der Waals surface area contributed by atoms with Crippen molar-refractivity contribution < 1.29 is 9.59 Å². The van der Waals surface area contributed by atoms with Crippen LogP contribution in [0.15, 0.2) is 23.7 Å². The van der Waals surface area contributed by atoms with Gasteiger partial charge in [0.05, 0.1) is 12.1 Å². The average molecular weight is 415 g/mol. The van der Waals surface area contributed by atoms with E-state index in [0.717, 1.165) is 50.5 Å². The summed E-state index contributed by atoms with van der Waals surface area (Å²) in [5.41, 5.74) is 1.67. The second-order valence-electron chi connectivity index (χ2n) is 7.54. The fourth-order valence-electron chi connectivity index (χ4n) is 3.52. The molecule has 154 valence electrons. The van der Waals surface area contributed by atoms with Crippen LogP contribution < -0.4 is 15.1 Å². The number of likely N-dealkylation sites (N-methyl/N-ethyl adjacent to an activating group) is 1. The predicted molar refractivity (Wildman–Crippen MR) is 113 cm³/mol. The van der Waals surface area contributed by atoms with Gasteiger partial charge in [0.25, 0.3) is 0 Å². The van der Waals surface area contributed by atoms with Crippen molar-refractivity contribution in [1.29, 1.82) is 0 Å². The quantitative estimate of drug-likeness (QED) is 0.767. The zero-order chi connectivity index (χ0) is 20.2. The third kappa shape index (κ3) is 4.91. The highest BCUT2D eigenvalue weighted by Crippen LogP contribution is 2.25. The van der Waals surface area contributed by atoms with Crippen molar-refractivity contribution in [3.05, 3.63) is 35.0 Å². The van der Waals surface area contributed by atoms with Gasteiger partial charge in [0, 0.05) is 57.3 Å². The molecule has 29 heavy (non-hydrogen) atoms. The molecule has 9 heteroatoms. The van der Waals surface area contributed by atoms with Gasteiger partial charge in [-0.25, -0.2) is 9.97 Å². The Hall–Kier alpha value is -2.52. The topological polar surface area (TPSA) is 81.7 Å². The SMILES string of the molecule is CN1CCN(c2ccc(CNC(=O)Cc3csc(N4CCCC4=O)n3)cn2)CC1. The van der Waals surface area contributed by atoms with E-state index in [1.165, 1.54) is 11.3 Å². The lowest BCUT2D eigenvalue weighted by molar-refractivity contribution is -0.120. The van der Waals surface area contributed by atoms with Gasteiger partial charge in [-0.15, -0.1) is 11.3 Å². The van der Waals surface area contributed by atoms with E-state index in [1.807, 2.05) is 23.7 Å². The molecule has 0 unspecified atom stereocenters. The molecular formula is C20H26N6O2S. The maximum Gasteiger partial charge on any atom is 0.228 e. The molecule has 2 aromatic heterocycles. The predicted octanol–water partition coefficient (Wildman–Crippen LogP) is 1.28. The summed E-state index contributed by atoms with van der Waals surface area (Å²) in [6.45, 7) is 5.22. The molecule has 0 radical (unpaired) electrons. The van der Waals surface area contributed by atoms with E-state index in [9.17, 15) is 9.59 Å². The third-order valence-corrected chi connectivity index (χ3v) is 6.22. The van der Waals surface area contributed by atoms with Gasteiger partial charge in [-0.2, -0.15) is 0 Å². The van der Waals surface area contributed by atoms with Crippen molar-refractivity contribution in [2.75, 3.05) is 49.6 Å². The lowest BCUT2D eigenvalue weighted by Gasteiger charge is -2.33. The molecule has 2 aliphatic rings. The van der Waals surface area contributed by atoms with Gasteiger partial charge in [0.1, 0.15) is 5.82 Å². The zero-order valence-electron chi connectivity index (χ0n) is 16.6. The van der Waals surface area contributed by atoms with E-state index < -0.39 is 0 Å². The number of nitrogens with one attached hydrogen (secondary N) is 1. The summed E-state index contributed by atoms with van der Waals surface area (Å²) in [7, 11) is 2.13. The van der Waals surface area contributed by atoms with Gasteiger partial charge >= 0.3 is 0 Å². The van der Waals surface area contributed by atoms with Crippen LogP contribution in [0.25, 0.3) is 0 Å². The molecule has 0 atom stereocenters. The Kier molecular flexibility index (Phi) is 6.05. The number of carbonyl (C=O) groups is 2. The Labute approximate surface area is 174 Å². The van der Waals surface area contributed by atoms with E-state index in [4.69, 9.17) is 0 Å². The molecule has 2 aromatic rings. The molecule has 8 nitrogen and oxygen atoms in total. The van der Waals surface area contributed by atoms with E-state index in [1.54, 1.807) is 4.90 Å². The summed E-state index contributed by atoms with van der Waals surface area (Å²) in [6.07, 6.45) is 3.49. The van der Waals surface area contributed by atoms with Crippen LogP contribution in [0.4, 0.5) is 10.9 Å². The van der Waals surface area contributed by atoms with E-state index in [2.05, 4.69) is 32.1 Å². The van der Waals surface area contributed by atoms with Crippen molar-refractivity contribution in [2.45, 2.75) is 25.8 Å². The Bertz CT molecular complexity index is 860. The lowest BCUT2D eigenvalue weighted by Crippen LogP contribution is -2.44. The fraction of sp³-hybridized carbons (Fsp3) is 0.500. The number of anilines is 2. The smallest absolute Gasteiger partial charge is 0.228 e. The number of amides is 2. The molecule has 0 aromatic carbocycles. The van der Waals surface area contributed by atoms with Gasteiger partial charge in [0.2, 0.25) is 11.8 Å². The van der Waals surface area contributed by atoms with Crippen molar-refractivity contribution in [2.24, 2.45) is 0 Å². The highest BCUT2D eigenvalue weighted by Gasteiger charge is 2.24. The normalized spacial score (nSPS) is 17.8. The molecule has 0 bridgehead atoms. The number of aromatic nitrogens is 2. The summed E-state index contributed by atoms with van der Waals surface area (Å²) in [5, 5.41) is 5.47. The van der Waals surface area contributed by atoms with Gasteiger partial charge in [0.15, 0.2) is 5.13 Å². The van der Waals surface area contributed by atoms with Crippen LogP contribution in [-0.2, 0) is 22.6 Å². The molecule has 4 rings (SSSR count). The minimum atomic E-state index is -0.0854. The first-order valence-corrected chi connectivity index (χ1v) is 10.9.